The minimum Gasteiger partial charge on any atom is -0.748 e. The number of hydrogen-bond acceptors (Lipinski definition) is 0. The molecule has 0 spiro atoms. The predicted octanol–water partition coefficient (Wildman–Crippen LogP) is 7.68. The molecule has 0 unspecified atom stereocenters. The average molecular weight is 400 g/mol. The zero-order valence-electron chi connectivity index (χ0n) is 17.6. The van der Waals surface area contributed by atoms with Crippen LogP contribution in [0.25, 0.3) is 0 Å². The van der Waals surface area contributed by atoms with Crippen molar-refractivity contribution in [2.75, 3.05) is 0 Å². The fraction of sp³-hybridized carbons (Fsp3) is 0.565. The Morgan fingerprint density at radius 2 is 1.16 bits per heavy atom. The van der Waals surface area contributed by atoms with Gasteiger partial charge < -0.3 is 29.8 Å². The van der Waals surface area contributed by atoms with Crippen LogP contribution in [0.1, 0.15) is 73.4 Å². The first-order valence-corrected chi connectivity index (χ1v) is 10.5. The summed E-state index contributed by atoms with van der Waals surface area (Å²) in [6.45, 7) is 21.0. The van der Waals surface area contributed by atoms with E-state index in [4.69, 9.17) is 0 Å². The maximum absolute atomic E-state index is 2.38. The summed E-state index contributed by atoms with van der Waals surface area (Å²) in [6.07, 6.45) is 1.26. The van der Waals surface area contributed by atoms with Crippen molar-refractivity contribution in [1.29, 1.82) is 0 Å². The fourth-order valence-corrected chi connectivity index (χ4v) is 6.59. The number of hydrogen-bond donors (Lipinski definition) is 0. The molecule has 0 nitrogen and oxygen atoms in total. The molecule has 0 bridgehead atoms. The van der Waals surface area contributed by atoms with E-state index < -0.39 is 0 Å². The second kappa shape index (κ2) is 9.55. The molecule has 0 N–H and O–H groups in total. The maximum Gasteiger partial charge on any atom is 0 e. The molecule has 0 heterocycles. The molecular formula is C23H37FeP-6. The standard InChI is InChI=1S/C14H24P.C9H13.Fe/c1-13(2,3)15(14(4,5)6)11-12-9-7-8-10-12;1-9(2,3)8-6-4-5-7-8;/h7-10H,11H2,1-6H3;4-7H,1-3H3;/q-1;-5;. The minimum atomic E-state index is 0. The third kappa shape index (κ3) is 8.72. The second-order valence-electron chi connectivity index (χ2n) is 9.64. The topological polar surface area (TPSA) is 0 Å². The van der Waals surface area contributed by atoms with E-state index in [-0.39, 0.29) is 25.0 Å². The van der Waals surface area contributed by atoms with Gasteiger partial charge in [-0.3, -0.25) is 0 Å². The molecule has 0 saturated heterocycles. The van der Waals surface area contributed by atoms with Gasteiger partial charge in [0.05, 0.1) is 0 Å². The third-order valence-corrected chi connectivity index (χ3v) is 8.14. The first-order chi connectivity index (χ1) is 10.8. The molecular weight excluding hydrogens is 363 g/mol. The first-order valence-electron chi connectivity index (χ1n) is 9.02. The maximum atomic E-state index is 2.38. The van der Waals surface area contributed by atoms with Gasteiger partial charge in [0.25, 0.3) is 0 Å². The summed E-state index contributed by atoms with van der Waals surface area (Å²) in [7, 11) is 0.00669. The molecule has 25 heavy (non-hydrogen) atoms. The summed E-state index contributed by atoms with van der Waals surface area (Å²) < 4.78 is 0. The summed E-state index contributed by atoms with van der Waals surface area (Å²) in [5.41, 5.74) is 3.25. The summed E-state index contributed by atoms with van der Waals surface area (Å²) in [4.78, 5) is 0. The molecule has 0 radical (unpaired) electrons. The molecule has 0 atom stereocenters. The van der Waals surface area contributed by atoms with Crippen LogP contribution in [-0.2, 0) is 28.6 Å². The summed E-state index contributed by atoms with van der Waals surface area (Å²) >= 11 is 0. The van der Waals surface area contributed by atoms with Crippen LogP contribution in [0, 0.1) is 0 Å². The minimum absolute atomic E-state index is 0. The molecule has 0 saturated carbocycles. The van der Waals surface area contributed by atoms with E-state index in [1.165, 1.54) is 17.3 Å². The Balaban J connectivity index is 0.000000495. The largest absolute Gasteiger partial charge is 0.748 e. The predicted molar refractivity (Wildman–Crippen MR) is 113 cm³/mol. The van der Waals surface area contributed by atoms with Crippen molar-refractivity contribution >= 4 is 7.92 Å². The Bertz CT molecular complexity index is 543. The Morgan fingerprint density at radius 1 is 0.760 bits per heavy atom. The zero-order valence-corrected chi connectivity index (χ0v) is 19.6. The third-order valence-electron chi connectivity index (χ3n) is 4.22. The molecule has 0 aliphatic rings. The summed E-state index contributed by atoms with van der Waals surface area (Å²) in [5.74, 6) is 0. The van der Waals surface area contributed by atoms with Gasteiger partial charge in [0.1, 0.15) is 0 Å². The molecule has 2 rings (SSSR count). The smallest absolute Gasteiger partial charge is 0 e. The van der Waals surface area contributed by atoms with Crippen LogP contribution >= 0.6 is 7.92 Å². The van der Waals surface area contributed by atoms with E-state index in [9.17, 15) is 0 Å². The van der Waals surface area contributed by atoms with E-state index in [1.807, 2.05) is 0 Å². The molecule has 0 aliphatic heterocycles. The number of rotatable bonds is 2. The Morgan fingerprint density at radius 3 is 1.44 bits per heavy atom. The molecule has 2 heteroatoms. The average Bonchev–Trinajstić information content (AvgIpc) is 3.07. The van der Waals surface area contributed by atoms with Gasteiger partial charge in [0, 0.05) is 17.1 Å². The summed E-state index contributed by atoms with van der Waals surface area (Å²) in [6, 6.07) is 17.3. The van der Waals surface area contributed by atoms with E-state index in [2.05, 4.69) is 111 Å². The van der Waals surface area contributed by atoms with Crippen molar-refractivity contribution in [1.82, 2.24) is 0 Å². The van der Waals surface area contributed by atoms with Crippen molar-refractivity contribution in [3.63, 3.8) is 0 Å². The van der Waals surface area contributed by atoms with E-state index >= 15 is 0 Å². The monoisotopic (exact) mass is 400 g/mol. The van der Waals surface area contributed by atoms with Crippen molar-refractivity contribution in [2.24, 2.45) is 0 Å². The fourth-order valence-electron chi connectivity index (χ4n) is 3.06. The SMILES string of the molecule is CC(C)(C)P(C[c-]1cccc1)C(C)(C)C.CC(C)(C)[c-]1[cH-][cH-][cH-][cH-]1.[Fe]. The van der Waals surface area contributed by atoms with E-state index in [1.54, 1.807) is 0 Å². The van der Waals surface area contributed by atoms with Crippen LogP contribution in [-0.4, -0.2) is 10.3 Å². The molecule has 0 fully saturated rings. The van der Waals surface area contributed by atoms with Crippen LogP contribution in [0.15, 0.2) is 48.5 Å². The Kier molecular flexibility index (Phi) is 9.41. The first kappa shape index (κ1) is 24.6. The van der Waals surface area contributed by atoms with Gasteiger partial charge in [0.15, 0.2) is 0 Å². The van der Waals surface area contributed by atoms with E-state index in [0.717, 1.165) is 0 Å². The van der Waals surface area contributed by atoms with Crippen LogP contribution in [0.2, 0.25) is 0 Å². The van der Waals surface area contributed by atoms with Crippen molar-refractivity contribution in [2.45, 2.75) is 84.2 Å². The van der Waals surface area contributed by atoms with Crippen LogP contribution < -0.4 is 0 Å². The summed E-state index contributed by atoms with van der Waals surface area (Å²) in [5, 5.41) is 0.871. The second-order valence-corrected chi connectivity index (χ2v) is 13.5. The Hall–Kier alpha value is -0.351. The van der Waals surface area contributed by atoms with Gasteiger partial charge in [-0.1, -0.05) is 68.5 Å². The van der Waals surface area contributed by atoms with Gasteiger partial charge in [0.2, 0.25) is 0 Å². The van der Waals surface area contributed by atoms with Crippen molar-refractivity contribution < 1.29 is 17.1 Å². The van der Waals surface area contributed by atoms with Gasteiger partial charge in [-0.15, -0.1) is 7.92 Å². The van der Waals surface area contributed by atoms with Crippen molar-refractivity contribution in [3.8, 4) is 0 Å². The zero-order chi connectivity index (χ0) is 18.6. The van der Waals surface area contributed by atoms with Crippen LogP contribution in [0.3, 0.4) is 0 Å². The molecule has 0 aliphatic carbocycles. The van der Waals surface area contributed by atoms with Crippen LogP contribution in [0.4, 0.5) is 0 Å². The molecule has 2 aromatic rings. The van der Waals surface area contributed by atoms with Crippen molar-refractivity contribution in [3.05, 3.63) is 59.7 Å². The van der Waals surface area contributed by atoms with E-state index in [0.29, 0.717) is 15.7 Å². The van der Waals surface area contributed by atoms with Gasteiger partial charge in [-0.25, -0.2) is 17.5 Å². The molecule has 0 amide bonds. The van der Waals surface area contributed by atoms with Crippen LogP contribution in [0.5, 0.6) is 0 Å². The quantitative estimate of drug-likeness (QED) is 0.275. The molecule has 148 valence electrons. The van der Waals surface area contributed by atoms with Gasteiger partial charge in [-0.05, 0) is 10.3 Å². The normalized spacial score (nSPS) is 12.4. The van der Waals surface area contributed by atoms with Gasteiger partial charge >= 0.3 is 0 Å². The van der Waals surface area contributed by atoms with Gasteiger partial charge in [-0.2, -0.15) is 17.7 Å². The Labute approximate surface area is 168 Å². The molecule has 0 aromatic heterocycles. The molecule has 2 aromatic carbocycles.